The van der Waals surface area contributed by atoms with Crippen LogP contribution in [0.4, 0.5) is 0 Å². The molecular formula is C55H33N3O. The normalized spacial score (nSPS) is 11.7. The Morgan fingerprint density at radius 3 is 1.71 bits per heavy atom. The Morgan fingerprint density at radius 1 is 0.288 bits per heavy atom. The van der Waals surface area contributed by atoms with E-state index >= 15 is 0 Å². The average molecular weight is 752 g/mol. The molecule has 0 aliphatic heterocycles. The van der Waals surface area contributed by atoms with E-state index in [1.54, 1.807) is 0 Å². The van der Waals surface area contributed by atoms with Crippen molar-refractivity contribution in [2.75, 3.05) is 0 Å². The van der Waals surface area contributed by atoms with E-state index in [0.717, 1.165) is 77.0 Å². The second kappa shape index (κ2) is 13.3. The summed E-state index contributed by atoms with van der Waals surface area (Å²) >= 11 is 0. The van der Waals surface area contributed by atoms with Crippen molar-refractivity contribution < 1.29 is 4.42 Å². The molecule has 59 heavy (non-hydrogen) atoms. The SMILES string of the molecule is c1ccc(-c2ccccc2-c2nc(-c3ccc(-c4ccc5c(c4)oc4ccc6ccccc6c45)cc3)nc(-c3c4ccccc4cc4c3ccc3ccccc34)n2)cc1. The summed E-state index contributed by atoms with van der Waals surface area (Å²) < 4.78 is 6.43. The first-order chi connectivity index (χ1) is 29.2. The fraction of sp³-hybridized carbons (Fsp3) is 0. The van der Waals surface area contributed by atoms with Gasteiger partial charge in [0, 0.05) is 27.5 Å². The van der Waals surface area contributed by atoms with E-state index in [2.05, 4.69) is 194 Å². The van der Waals surface area contributed by atoms with Crippen LogP contribution in [0.25, 0.3) is 121 Å². The van der Waals surface area contributed by atoms with E-state index in [1.165, 1.54) is 26.9 Å². The van der Waals surface area contributed by atoms with Gasteiger partial charge in [-0.1, -0.05) is 176 Å². The second-order valence-corrected chi connectivity index (χ2v) is 15.1. The molecule has 0 aliphatic rings. The summed E-state index contributed by atoms with van der Waals surface area (Å²) in [6.07, 6.45) is 0. The molecule has 0 unspecified atom stereocenters. The Kier molecular flexibility index (Phi) is 7.50. The van der Waals surface area contributed by atoms with Crippen molar-refractivity contribution in [3.05, 3.63) is 200 Å². The van der Waals surface area contributed by atoms with E-state index in [9.17, 15) is 0 Å². The predicted octanol–water partition coefficient (Wildman–Crippen LogP) is 14.7. The molecule has 274 valence electrons. The fourth-order valence-corrected chi connectivity index (χ4v) is 8.88. The molecule has 2 aromatic heterocycles. The highest BCUT2D eigenvalue weighted by molar-refractivity contribution is 6.20. The lowest BCUT2D eigenvalue weighted by atomic mass is 9.93. The largest absolute Gasteiger partial charge is 0.456 e. The number of hydrogen-bond donors (Lipinski definition) is 0. The molecule has 10 aromatic carbocycles. The lowest BCUT2D eigenvalue weighted by molar-refractivity contribution is 0.669. The molecule has 0 spiro atoms. The highest BCUT2D eigenvalue weighted by atomic mass is 16.3. The third-order valence-corrected chi connectivity index (χ3v) is 11.7. The molecule has 0 atom stereocenters. The fourth-order valence-electron chi connectivity index (χ4n) is 8.88. The predicted molar refractivity (Wildman–Crippen MR) is 244 cm³/mol. The van der Waals surface area contributed by atoms with Gasteiger partial charge in [0.15, 0.2) is 17.5 Å². The van der Waals surface area contributed by atoms with Crippen LogP contribution in [0, 0.1) is 0 Å². The molecule has 0 saturated heterocycles. The van der Waals surface area contributed by atoms with E-state index in [-0.39, 0.29) is 0 Å². The van der Waals surface area contributed by atoms with E-state index in [0.29, 0.717) is 17.5 Å². The maximum absolute atomic E-state index is 6.43. The van der Waals surface area contributed by atoms with Gasteiger partial charge < -0.3 is 4.42 Å². The zero-order valence-corrected chi connectivity index (χ0v) is 31.8. The van der Waals surface area contributed by atoms with Crippen molar-refractivity contribution >= 4 is 65.0 Å². The van der Waals surface area contributed by atoms with Gasteiger partial charge in [0.05, 0.1) is 0 Å². The molecule has 0 aliphatic carbocycles. The van der Waals surface area contributed by atoms with Crippen molar-refractivity contribution in [3.63, 3.8) is 0 Å². The molecule has 0 saturated carbocycles. The molecule has 0 radical (unpaired) electrons. The van der Waals surface area contributed by atoms with Gasteiger partial charge in [-0.2, -0.15) is 0 Å². The number of fused-ring (bicyclic) bond motifs is 9. The lowest BCUT2D eigenvalue weighted by Crippen LogP contribution is -2.02. The summed E-state index contributed by atoms with van der Waals surface area (Å²) in [4.78, 5) is 16.0. The lowest BCUT2D eigenvalue weighted by Gasteiger charge is -2.15. The summed E-state index contributed by atoms with van der Waals surface area (Å²) in [5, 5.41) is 11.6. The smallest absolute Gasteiger partial charge is 0.165 e. The Hall–Kier alpha value is -7.95. The quantitative estimate of drug-likeness (QED) is 0.130. The van der Waals surface area contributed by atoms with Crippen molar-refractivity contribution in [2.45, 2.75) is 0 Å². The highest BCUT2D eigenvalue weighted by Gasteiger charge is 2.20. The molecule has 0 N–H and O–H groups in total. The maximum atomic E-state index is 6.43. The summed E-state index contributed by atoms with van der Waals surface area (Å²) in [6, 6.07) is 70.4. The minimum atomic E-state index is 0.612. The standard InChI is InChI=1S/C55H33N3O/c1-2-12-35(13-3-1)41-17-10-11-21-46(41)54-56-53(57-55(58-54)52-44-20-9-6-16-40(44)32-48-42-18-7-4-14-36(42)26-29-45(48)52)38-24-22-34(23-25-38)39-27-30-47-50(33-39)59-49-31-28-37-15-5-8-19-43(37)51(47)49/h1-33H. The number of aromatic nitrogens is 3. The van der Waals surface area contributed by atoms with Gasteiger partial charge in [-0.15, -0.1) is 0 Å². The zero-order chi connectivity index (χ0) is 38.9. The Morgan fingerprint density at radius 2 is 0.881 bits per heavy atom. The monoisotopic (exact) mass is 751 g/mol. The topological polar surface area (TPSA) is 51.8 Å². The van der Waals surface area contributed by atoms with Gasteiger partial charge in [0.1, 0.15) is 11.2 Å². The van der Waals surface area contributed by atoms with Gasteiger partial charge in [0.25, 0.3) is 0 Å². The molecule has 0 bridgehead atoms. The van der Waals surface area contributed by atoms with E-state index in [4.69, 9.17) is 19.4 Å². The van der Waals surface area contributed by atoms with Gasteiger partial charge in [-0.25, -0.2) is 15.0 Å². The maximum Gasteiger partial charge on any atom is 0.165 e. The van der Waals surface area contributed by atoms with Crippen LogP contribution in [0.1, 0.15) is 0 Å². The first-order valence-corrected chi connectivity index (χ1v) is 19.9. The third-order valence-electron chi connectivity index (χ3n) is 11.7. The van der Waals surface area contributed by atoms with Crippen LogP contribution in [-0.2, 0) is 0 Å². The molecule has 0 fully saturated rings. The van der Waals surface area contributed by atoms with Crippen LogP contribution in [0.15, 0.2) is 205 Å². The minimum Gasteiger partial charge on any atom is -0.456 e. The number of benzene rings is 10. The molecule has 4 heteroatoms. The third kappa shape index (κ3) is 5.49. The number of furan rings is 1. The molecule has 12 rings (SSSR count). The number of rotatable bonds is 5. The van der Waals surface area contributed by atoms with Crippen LogP contribution in [0.3, 0.4) is 0 Å². The van der Waals surface area contributed by atoms with Crippen LogP contribution in [-0.4, -0.2) is 15.0 Å². The zero-order valence-electron chi connectivity index (χ0n) is 31.8. The minimum absolute atomic E-state index is 0.612. The highest BCUT2D eigenvalue weighted by Crippen LogP contribution is 2.41. The van der Waals surface area contributed by atoms with Gasteiger partial charge in [-0.05, 0) is 89.6 Å². The van der Waals surface area contributed by atoms with E-state index in [1.807, 2.05) is 6.07 Å². The summed E-state index contributed by atoms with van der Waals surface area (Å²) in [5.41, 5.74) is 8.94. The van der Waals surface area contributed by atoms with Crippen molar-refractivity contribution in [1.29, 1.82) is 0 Å². The van der Waals surface area contributed by atoms with Gasteiger partial charge >= 0.3 is 0 Å². The summed E-state index contributed by atoms with van der Waals surface area (Å²) in [5.74, 6) is 1.87. The van der Waals surface area contributed by atoms with Crippen LogP contribution in [0.5, 0.6) is 0 Å². The molecule has 12 aromatic rings. The average Bonchev–Trinajstić information content (AvgIpc) is 3.69. The van der Waals surface area contributed by atoms with Crippen molar-refractivity contribution in [2.24, 2.45) is 0 Å². The molecule has 2 heterocycles. The van der Waals surface area contributed by atoms with E-state index < -0.39 is 0 Å². The van der Waals surface area contributed by atoms with Gasteiger partial charge in [-0.3, -0.25) is 0 Å². The van der Waals surface area contributed by atoms with Crippen LogP contribution < -0.4 is 0 Å². The molecule has 0 amide bonds. The summed E-state index contributed by atoms with van der Waals surface area (Å²) in [7, 11) is 0. The van der Waals surface area contributed by atoms with Crippen LogP contribution in [0.2, 0.25) is 0 Å². The molecule has 4 nitrogen and oxygen atoms in total. The molecular weight excluding hydrogens is 719 g/mol. The summed E-state index contributed by atoms with van der Waals surface area (Å²) in [6.45, 7) is 0. The second-order valence-electron chi connectivity index (χ2n) is 15.1. The number of nitrogens with zero attached hydrogens (tertiary/aromatic N) is 3. The van der Waals surface area contributed by atoms with Crippen molar-refractivity contribution in [3.8, 4) is 56.4 Å². The Bertz CT molecular complexity index is 3610. The van der Waals surface area contributed by atoms with Crippen LogP contribution >= 0.6 is 0 Å². The first kappa shape index (κ1) is 33.2. The Labute approximate surface area is 339 Å². The van der Waals surface area contributed by atoms with Gasteiger partial charge in [0.2, 0.25) is 0 Å². The Balaban J connectivity index is 1.04. The number of hydrogen-bond acceptors (Lipinski definition) is 4. The van der Waals surface area contributed by atoms with Crippen molar-refractivity contribution in [1.82, 2.24) is 15.0 Å². The first-order valence-electron chi connectivity index (χ1n) is 19.9.